The molecule has 0 rings (SSSR count). The predicted octanol–water partition coefficient (Wildman–Crippen LogP) is 7.72. The second-order valence-corrected chi connectivity index (χ2v) is 15.0. The molecule has 6 nitrogen and oxygen atoms in total. The van der Waals surface area contributed by atoms with Crippen LogP contribution in [-0.4, -0.2) is 35.3 Å². The number of hydrogen-bond donors (Lipinski definition) is 0. The first-order valence-corrected chi connectivity index (χ1v) is 17.8. The topological polar surface area (TPSA) is 120 Å². The van der Waals surface area contributed by atoms with Gasteiger partial charge in [0.25, 0.3) is 0 Å². The van der Waals surface area contributed by atoms with E-state index in [9.17, 15) is 29.7 Å². The minimum absolute atomic E-state index is 0. The zero-order chi connectivity index (χ0) is 38.1. The summed E-state index contributed by atoms with van der Waals surface area (Å²) in [6.45, 7) is 30.4. The van der Waals surface area contributed by atoms with Crippen molar-refractivity contribution in [3.8, 4) is 0 Å². The molecule has 0 saturated heterocycles. The zero-order valence-electron chi connectivity index (χ0n) is 33.7. The van der Waals surface area contributed by atoms with Gasteiger partial charge in [0.15, 0.2) is 0 Å². The molecule has 0 fully saturated rings. The molecule has 0 atom stereocenters. The Morgan fingerprint density at radius 1 is 0.388 bits per heavy atom. The summed E-state index contributed by atoms with van der Waals surface area (Å²) in [7, 11) is 0. The van der Waals surface area contributed by atoms with Crippen LogP contribution in [0, 0.1) is 35.5 Å². The molecule has 0 unspecified atom stereocenters. The maximum absolute atomic E-state index is 11.1. The van der Waals surface area contributed by atoms with Crippen LogP contribution in [0.4, 0.5) is 0 Å². The van der Waals surface area contributed by atoms with Crippen molar-refractivity contribution >= 4 is 35.3 Å². The first-order chi connectivity index (χ1) is 22.1. The number of allylic oxidation sites excluding steroid dienone is 9. The average molecular weight is 697 g/mol. The fourth-order valence-electron chi connectivity index (χ4n) is 5.06. The second-order valence-electron chi connectivity index (χ2n) is 15.0. The van der Waals surface area contributed by atoms with E-state index >= 15 is 0 Å². The van der Waals surface area contributed by atoms with Crippen LogP contribution in [0.3, 0.4) is 0 Å². The summed E-state index contributed by atoms with van der Waals surface area (Å²) >= 11 is 0. The van der Waals surface area contributed by atoms with Gasteiger partial charge >= 0.3 is 17.4 Å². The van der Waals surface area contributed by atoms with Crippen molar-refractivity contribution in [1.82, 2.24) is 0 Å². The molecule has 0 spiro atoms. The summed E-state index contributed by atoms with van der Waals surface area (Å²) in [6, 6.07) is 0. The number of carboxylic acids is 3. The van der Waals surface area contributed by atoms with Crippen molar-refractivity contribution in [2.75, 3.05) is 0 Å². The Bertz CT molecular complexity index is 999. The minimum atomic E-state index is -1.03. The summed E-state index contributed by atoms with van der Waals surface area (Å²) < 4.78 is 0. The van der Waals surface area contributed by atoms with Gasteiger partial charge in [-0.25, -0.2) is 0 Å². The van der Waals surface area contributed by atoms with Gasteiger partial charge in [0.2, 0.25) is 0 Å². The monoisotopic (exact) mass is 696 g/mol. The van der Waals surface area contributed by atoms with E-state index in [0.29, 0.717) is 71.5 Å². The van der Waals surface area contributed by atoms with E-state index in [4.69, 9.17) is 0 Å². The number of carboxylic acid groups (broad SMARTS) is 3. The first kappa shape index (κ1) is 53.2. The summed E-state index contributed by atoms with van der Waals surface area (Å²) in [5, 5.41) is 33.4. The molecule has 49 heavy (non-hydrogen) atoms. The smallest absolute Gasteiger partial charge is 0.545 e. The third-order valence-corrected chi connectivity index (χ3v) is 6.73. The molecule has 0 heterocycles. The van der Waals surface area contributed by atoms with Crippen molar-refractivity contribution in [2.45, 2.75) is 142 Å². The molecule has 0 bridgehead atoms. The van der Waals surface area contributed by atoms with Crippen LogP contribution in [0.2, 0.25) is 0 Å². The van der Waals surface area contributed by atoms with Gasteiger partial charge in [-0.05, 0) is 128 Å². The van der Waals surface area contributed by atoms with Gasteiger partial charge in [0.05, 0.1) is 17.9 Å². The van der Waals surface area contributed by atoms with Crippen LogP contribution in [0.15, 0.2) is 69.9 Å². The molecule has 0 N–H and O–H groups in total. The molecule has 0 radical (unpaired) electrons. The molecule has 0 aromatic heterocycles. The number of carbonyl (C=O) groups is 3. The van der Waals surface area contributed by atoms with Crippen LogP contribution in [0.1, 0.15) is 142 Å². The van der Waals surface area contributed by atoms with Gasteiger partial charge in [-0.1, -0.05) is 120 Å². The van der Waals surface area contributed by atoms with Crippen molar-refractivity contribution in [1.29, 1.82) is 0 Å². The number of hydrogen-bond acceptors (Lipinski definition) is 6. The van der Waals surface area contributed by atoms with Gasteiger partial charge in [-0.15, -0.1) is 0 Å². The SMILES string of the molecule is CC=CC(CC(C)C)=C(CC(C)C)C(=O)[O-].CC=CC(CC(C)C)=C(CC(C)C)C(=O)[O-].CC=CC(CC(C)C)=C(CC(C)C)C(=O)[O-].[Al+3]. The van der Waals surface area contributed by atoms with E-state index in [1.807, 2.05) is 98.8 Å². The predicted molar refractivity (Wildman–Crippen MR) is 203 cm³/mol. The van der Waals surface area contributed by atoms with Crippen LogP contribution in [0.5, 0.6) is 0 Å². The minimum Gasteiger partial charge on any atom is -0.545 e. The molecular weight excluding hydrogens is 627 g/mol. The Balaban J connectivity index is -0.000000307. The molecule has 0 aromatic carbocycles. The van der Waals surface area contributed by atoms with Crippen molar-refractivity contribution in [3.05, 3.63) is 69.9 Å². The van der Waals surface area contributed by atoms with E-state index in [-0.39, 0.29) is 17.4 Å². The summed E-state index contributed by atoms with van der Waals surface area (Å²) in [5.41, 5.74) is 4.11. The average Bonchev–Trinajstić information content (AvgIpc) is 2.92. The summed E-state index contributed by atoms with van der Waals surface area (Å²) in [4.78, 5) is 33.4. The van der Waals surface area contributed by atoms with Gasteiger partial charge in [0.1, 0.15) is 0 Å². The third kappa shape index (κ3) is 28.9. The van der Waals surface area contributed by atoms with E-state index in [1.165, 1.54) is 0 Å². The number of carbonyl (C=O) groups excluding carboxylic acids is 3. The number of rotatable bonds is 18. The Kier molecular flexibility index (Phi) is 32.8. The summed E-state index contributed by atoms with van der Waals surface area (Å²) in [5.74, 6) is -0.721. The third-order valence-electron chi connectivity index (χ3n) is 6.73. The molecule has 0 aliphatic carbocycles. The van der Waals surface area contributed by atoms with Crippen molar-refractivity contribution in [3.63, 3.8) is 0 Å². The van der Waals surface area contributed by atoms with Crippen LogP contribution >= 0.6 is 0 Å². The molecule has 0 amide bonds. The summed E-state index contributed by atoms with van der Waals surface area (Å²) in [6.07, 6.45) is 15.5. The normalized spacial score (nSPS) is 13.4. The molecule has 0 saturated carbocycles. The maximum atomic E-state index is 11.1. The van der Waals surface area contributed by atoms with Crippen molar-refractivity contribution in [2.24, 2.45) is 35.5 Å². The Morgan fingerprint density at radius 2 is 0.551 bits per heavy atom. The van der Waals surface area contributed by atoms with Crippen LogP contribution < -0.4 is 15.3 Å². The fourth-order valence-corrected chi connectivity index (χ4v) is 5.06. The quantitative estimate of drug-likeness (QED) is 0.0822. The van der Waals surface area contributed by atoms with Crippen LogP contribution in [0.25, 0.3) is 0 Å². The van der Waals surface area contributed by atoms with Gasteiger partial charge in [-0.3, -0.25) is 0 Å². The van der Waals surface area contributed by atoms with E-state index in [1.54, 1.807) is 0 Å². The maximum Gasteiger partial charge on any atom is 3.00 e. The second kappa shape index (κ2) is 30.2. The molecule has 0 aliphatic rings. The fraction of sp³-hybridized carbons (Fsp3) is 0.643. The Hall–Kier alpha value is -2.62. The molecule has 0 aromatic rings. The van der Waals surface area contributed by atoms with Crippen LogP contribution in [-0.2, 0) is 14.4 Å². The Morgan fingerprint density at radius 3 is 0.653 bits per heavy atom. The van der Waals surface area contributed by atoms with E-state index in [0.717, 1.165) is 36.0 Å². The first-order valence-electron chi connectivity index (χ1n) is 17.8. The molecule has 276 valence electrons. The van der Waals surface area contributed by atoms with E-state index in [2.05, 4.69) is 41.5 Å². The Labute approximate surface area is 311 Å². The van der Waals surface area contributed by atoms with Crippen molar-refractivity contribution < 1.29 is 29.7 Å². The largest absolute Gasteiger partial charge is 3.00 e. The molecule has 7 heteroatoms. The van der Waals surface area contributed by atoms with Gasteiger partial charge in [-0.2, -0.15) is 0 Å². The number of aliphatic carboxylic acids is 3. The zero-order valence-corrected chi connectivity index (χ0v) is 34.9. The standard InChI is InChI=1S/3C14H24O2.Al/c3*1-6-7-12(8-10(2)3)13(14(15)16)9-11(4)5;/h3*6-7,10-11H,8-9H2,1-5H3,(H,15,16);/q;;;+3/p-3. The van der Waals surface area contributed by atoms with E-state index < -0.39 is 17.9 Å². The van der Waals surface area contributed by atoms with Gasteiger partial charge in [0, 0.05) is 0 Å². The molecular formula is C42H69AlO6. The van der Waals surface area contributed by atoms with Gasteiger partial charge < -0.3 is 29.7 Å². The molecule has 0 aliphatic heterocycles.